The molecular weight excluding hydrogens is 513 g/mol. The minimum Gasteiger partial charge on any atom is -0.365 e. The predicted molar refractivity (Wildman–Crippen MR) is 131 cm³/mol. The van der Waals surface area contributed by atoms with Crippen molar-refractivity contribution in [3.63, 3.8) is 0 Å². The van der Waals surface area contributed by atoms with Crippen molar-refractivity contribution in [2.24, 2.45) is 4.99 Å². The summed E-state index contributed by atoms with van der Waals surface area (Å²) in [5.41, 5.74) is 2.18. The van der Waals surface area contributed by atoms with Crippen molar-refractivity contribution in [1.82, 2.24) is 20.2 Å². The zero-order valence-electron chi connectivity index (χ0n) is 17.4. The summed E-state index contributed by atoms with van der Waals surface area (Å²) in [5.74, 6) is -0.346. The standard InChI is InChI=1S/C22H26F2N6.HI/c1-25-22(26-11-5-12-30-15-27-19-8-2-3-9-20(19)30)28-16-10-13-29(14-16)21-17(23)6-4-7-18(21)24;/h2-4,6-9,15-16H,5,10-14H2,1H3,(H2,25,26,28);1H. The lowest BCUT2D eigenvalue weighted by atomic mass is 10.2. The third-order valence-corrected chi connectivity index (χ3v) is 5.40. The Hall–Kier alpha value is -2.43. The number of para-hydroxylation sites is 3. The van der Waals surface area contributed by atoms with Gasteiger partial charge in [-0.2, -0.15) is 0 Å². The predicted octanol–water partition coefficient (Wildman–Crippen LogP) is 3.77. The van der Waals surface area contributed by atoms with Gasteiger partial charge in [0.25, 0.3) is 0 Å². The van der Waals surface area contributed by atoms with E-state index in [0.29, 0.717) is 19.0 Å². The van der Waals surface area contributed by atoms with Crippen molar-refractivity contribution in [2.75, 3.05) is 31.6 Å². The molecule has 1 unspecified atom stereocenters. The number of aromatic nitrogens is 2. The van der Waals surface area contributed by atoms with Crippen molar-refractivity contribution < 1.29 is 8.78 Å². The van der Waals surface area contributed by atoms with Gasteiger partial charge >= 0.3 is 0 Å². The smallest absolute Gasteiger partial charge is 0.191 e. The number of fused-ring (bicyclic) bond motifs is 1. The third kappa shape index (κ3) is 5.44. The molecule has 1 aliphatic rings. The van der Waals surface area contributed by atoms with E-state index in [1.54, 1.807) is 11.9 Å². The molecule has 4 rings (SSSR count). The highest BCUT2D eigenvalue weighted by atomic mass is 127. The van der Waals surface area contributed by atoms with Crippen LogP contribution in [-0.2, 0) is 6.54 Å². The first-order chi connectivity index (χ1) is 14.7. The lowest BCUT2D eigenvalue weighted by Crippen LogP contribution is -2.45. The molecule has 2 aromatic carbocycles. The van der Waals surface area contributed by atoms with E-state index >= 15 is 0 Å². The molecule has 166 valence electrons. The molecule has 1 atom stereocenters. The summed E-state index contributed by atoms with van der Waals surface area (Å²) in [5, 5.41) is 6.68. The van der Waals surface area contributed by atoms with Gasteiger partial charge in [0.1, 0.15) is 17.3 Å². The zero-order valence-corrected chi connectivity index (χ0v) is 19.7. The van der Waals surface area contributed by atoms with Gasteiger partial charge in [0, 0.05) is 39.3 Å². The quantitative estimate of drug-likeness (QED) is 0.217. The molecule has 1 aromatic heterocycles. The number of anilines is 1. The van der Waals surface area contributed by atoms with E-state index in [4.69, 9.17) is 0 Å². The van der Waals surface area contributed by atoms with Crippen molar-refractivity contribution >= 4 is 46.7 Å². The van der Waals surface area contributed by atoms with E-state index < -0.39 is 11.6 Å². The van der Waals surface area contributed by atoms with E-state index in [0.717, 1.165) is 37.0 Å². The Morgan fingerprint density at radius 2 is 1.94 bits per heavy atom. The summed E-state index contributed by atoms with van der Waals surface area (Å²) in [7, 11) is 1.72. The number of hydrogen-bond acceptors (Lipinski definition) is 3. The number of imidazole rings is 1. The molecule has 6 nitrogen and oxygen atoms in total. The van der Waals surface area contributed by atoms with Crippen LogP contribution in [0.3, 0.4) is 0 Å². The fourth-order valence-corrected chi connectivity index (χ4v) is 3.90. The minimum atomic E-state index is -0.523. The lowest BCUT2D eigenvalue weighted by molar-refractivity contribution is 0.575. The second kappa shape index (κ2) is 10.7. The fourth-order valence-electron chi connectivity index (χ4n) is 3.90. The fraction of sp³-hybridized carbons (Fsp3) is 0.364. The first kappa shape index (κ1) is 23.2. The van der Waals surface area contributed by atoms with E-state index in [1.165, 1.54) is 18.2 Å². The number of aryl methyl sites for hydroxylation is 1. The zero-order chi connectivity index (χ0) is 20.9. The Balaban J connectivity index is 0.00000272. The van der Waals surface area contributed by atoms with Gasteiger partial charge in [-0.15, -0.1) is 24.0 Å². The van der Waals surface area contributed by atoms with Gasteiger partial charge in [-0.3, -0.25) is 4.99 Å². The van der Waals surface area contributed by atoms with Crippen molar-refractivity contribution in [3.05, 3.63) is 60.4 Å². The Morgan fingerprint density at radius 1 is 1.16 bits per heavy atom. The topological polar surface area (TPSA) is 57.5 Å². The summed E-state index contributed by atoms with van der Waals surface area (Å²) in [6.45, 7) is 2.73. The van der Waals surface area contributed by atoms with Gasteiger partial charge in [0.15, 0.2) is 5.96 Å². The van der Waals surface area contributed by atoms with Crippen LogP contribution in [0.5, 0.6) is 0 Å². The maximum Gasteiger partial charge on any atom is 0.191 e. The Bertz CT molecular complexity index is 1020. The average Bonchev–Trinajstić information content (AvgIpc) is 3.37. The molecule has 0 amide bonds. The molecule has 2 N–H and O–H groups in total. The highest BCUT2D eigenvalue weighted by molar-refractivity contribution is 14.0. The molecule has 0 saturated carbocycles. The monoisotopic (exact) mass is 540 g/mol. The number of aliphatic imine (C=N–C) groups is 1. The van der Waals surface area contributed by atoms with Gasteiger partial charge in [0.2, 0.25) is 0 Å². The summed E-state index contributed by atoms with van der Waals surface area (Å²) in [4.78, 5) is 10.4. The first-order valence-electron chi connectivity index (χ1n) is 10.2. The molecule has 0 radical (unpaired) electrons. The number of guanidine groups is 1. The normalized spacial score (nSPS) is 16.4. The van der Waals surface area contributed by atoms with Gasteiger partial charge in [-0.1, -0.05) is 18.2 Å². The summed E-state index contributed by atoms with van der Waals surface area (Å²) in [6, 6.07) is 12.1. The molecular formula is C22H27F2IN6. The molecule has 0 spiro atoms. The molecule has 31 heavy (non-hydrogen) atoms. The minimum absolute atomic E-state index is 0. The van der Waals surface area contributed by atoms with Gasteiger partial charge in [-0.05, 0) is 37.1 Å². The largest absolute Gasteiger partial charge is 0.365 e. The number of nitrogens with zero attached hydrogens (tertiary/aromatic N) is 4. The Kier molecular flexibility index (Phi) is 8.05. The summed E-state index contributed by atoms with van der Waals surface area (Å²) in [6.07, 6.45) is 3.57. The van der Waals surface area contributed by atoms with Gasteiger partial charge in [0.05, 0.1) is 17.4 Å². The molecule has 1 aliphatic heterocycles. The SMILES string of the molecule is CN=C(NCCCn1cnc2ccccc21)NC1CCN(c2c(F)cccc2F)C1.I. The molecule has 9 heteroatoms. The van der Waals surface area contributed by atoms with Gasteiger partial charge < -0.3 is 20.1 Å². The van der Waals surface area contributed by atoms with Crippen LogP contribution < -0.4 is 15.5 Å². The maximum atomic E-state index is 14.0. The van der Waals surface area contributed by atoms with E-state index in [-0.39, 0.29) is 35.7 Å². The van der Waals surface area contributed by atoms with E-state index in [2.05, 4.69) is 31.2 Å². The highest BCUT2D eigenvalue weighted by Gasteiger charge is 2.27. The number of nitrogens with one attached hydrogen (secondary N) is 2. The lowest BCUT2D eigenvalue weighted by Gasteiger charge is -2.21. The first-order valence-corrected chi connectivity index (χ1v) is 10.2. The van der Waals surface area contributed by atoms with E-state index in [9.17, 15) is 8.78 Å². The highest BCUT2D eigenvalue weighted by Crippen LogP contribution is 2.26. The number of benzene rings is 2. The van der Waals surface area contributed by atoms with Crippen LogP contribution in [0.2, 0.25) is 0 Å². The van der Waals surface area contributed by atoms with Crippen LogP contribution in [0.25, 0.3) is 11.0 Å². The number of hydrogen-bond donors (Lipinski definition) is 2. The van der Waals surface area contributed by atoms with Crippen LogP contribution in [0, 0.1) is 11.6 Å². The van der Waals surface area contributed by atoms with Crippen LogP contribution in [0.1, 0.15) is 12.8 Å². The second-order valence-corrected chi connectivity index (χ2v) is 7.43. The van der Waals surface area contributed by atoms with Crippen molar-refractivity contribution in [2.45, 2.75) is 25.4 Å². The third-order valence-electron chi connectivity index (χ3n) is 5.40. The van der Waals surface area contributed by atoms with Crippen LogP contribution in [0.15, 0.2) is 53.8 Å². The summed E-state index contributed by atoms with van der Waals surface area (Å²) < 4.78 is 30.2. The molecule has 0 aliphatic carbocycles. The van der Waals surface area contributed by atoms with Crippen LogP contribution in [0.4, 0.5) is 14.5 Å². The average molecular weight is 540 g/mol. The molecule has 1 saturated heterocycles. The van der Waals surface area contributed by atoms with Crippen LogP contribution in [-0.4, -0.2) is 48.2 Å². The second-order valence-electron chi connectivity index (χ2n) is 7.43. The Morgan fingerprint density at radius 3 is 2.71 bits per heavy atom. The maximum absolute atomic E-state index is 14.0. The molecule has 1 fully saturated rings. The molecule has 3 aromatic rings. The van der Waals surface area contributed by atoms with Gasteiger partial charge in [-0.25, -0.2) is 13.8 Å². The molecule has 2 heterocycles. The molecule has 0 bridgehead atoms. The van der Waals surface area contributed by atoms with Crippen LogP contribution >= 0.6 is 24.0 Å². The van der Waals surface area contributed by atoms with Crippen molar-refractivity contribution in [1.29, 1.82) is 0 Å². The number of halogens is 3. The summed E-state index contributed by atoms with van der Waals surface area (Å²) >= 11 is 0. The Labute approximate surface area is 197 Å². The van der Waals surface area contributed by atoms with Crippen molar-refractivity contribution in [3.8, 4) is 0 Å². The number of rotatable bonds is 6. The van der Waals surface area contributed by atoms with E-state index in [1.807, 2.05) is 24.5 Å².